The molecule has 1 aromatic carbocycles. The maximum atomic E-state index is 13.6. The Morgan fingerprint density at radius 3 is 2.71 bits per heavy atom. The summed E-state index contributed by atoms with van der Waals surface area (Å²) in [5, 5.41) is 13.0. The summed E-state index contributed by atoms with van der Waals surface area (Å²) in [5.74, 6) is 1.09. The SMILES string of the molecule is CC[C@H](Nc1ncnc(N)c1-c1nnc(C)o1)c1nc2ccsc2c(=O)n1-c1ccc(F)cc1. The number of aromatic nitrogens is 6. The summed E-state index contributed by atoms with van der Waals surface area (Å²) in [6, 6.07) is 7.02. The topological polar surface area (TPSA) is 138 Å². The number of nitrogens with two attached hydrogens (primary N) is 1. The van der Waals surface area contributed by atoms with Crippen LogP contribution >= 0.6 is 11.3 Å². The molecular weight excluding hydrogens is 459 g/mol. The fourth-order valence-electron chi connectivity index (χ4n) is 3.63. The molecule has 0 aliphatic carbocycles. The van der Waals surface area contributed by atoms with Crippen molar-refractivity contribution >= 4 is 33.2 Å². The van der Waals surface area contributed by atoms with Gasteiger partial charge in [-0.3, -0.25) is 9.36 Å². The Kier molecular flexibility index (Phi) is 5.49. The largest absolute Gasteiger partial charge is 0.421 e. The zero-order valence-corrected chi connectivity index (χ0v) is 19.0. The van der Waals surface area contributed by atoms with Crippen LogP contribution in [0.4, 0.5) is 16.0 Å². The first-order valence-electron chi connectivity index (χ1n) is 10.4. The van der Waals surface area contributed by atoms with Crippen molar-refractivity contribution < 1.29 is 8.81 Å². The Morgan fingerprint density at radius 1 is 1.21 bits per heavy atom. The number of nitrogens with zero attached hydrogens (tertiary/aromatic N) is 6. The fourth-order valence-corrected chi connectivity index (χ4v) is 4.39. The molecule has 4 aromatic heterocycles. The molecule has 0 amide bonds. The van der Waals surface area contributed by atoms with Crippen molar-refractivity contribution in [2.24, 2.45) is 0 Å². The van der Waals surface area contributed by atoms with Crippen LogP contribution in [0.1, 0.15) is 31.1 Å². The van der Waals surface area contributed by atoms with Gasteiger partial charge in [-0.1, -0.05) is 6.92 Å². The monoisotopic (exact) mass is 478 g/mol. The molecule has 0 unspecified atom stereocenters. The van der Waals surface area contributed by atoms with E-state index < -0.39 is 11.9 Å². The van der Waals surface area contributed by atoms with E-state index in [1.54, 1.807) is 25.1 Å². The van der Waals surface area contributed by atoms with E-state index in [2.05, 4.69) is 25.5 Å². The molecule has 0 spiro atoms. The zero-order chi connectivity index (χ0) is 23.8. The summed E-state index contributed by atoms with van der Waals surface area (Å²) in [5.41, 5.74) is 7.31. The number of anilines is 2. The van der Waals surface area contributed by atoms with Crippen molar-refractivity contribution in [2.75, 3.05) is 11.1 Å². The van der Waals surface area contributed by atoms with Gasteiger partial charge < -0.3 is 15.5 Å². The second kappa shape index (κ2) is 8.63. The van der Waals surface area contributed by atoms with Gasteiger partial charge in [0, 0.05) is 6.92 Å². The van der Waals surface area contributed by atoms with E-state index in [9.17, 15) is 9.18 Å². The van der Waals surface area contributed by atoms with Crippen molar-refractivity contribution in [2.45, 2.75) is 26.3 Å². The lowest BCUT2D eigenvalue weighted by molar-refractivity contribution is 0.532. The van der Waals surface area contributed by atoms with Gasteiger partial charge in [-0.05, 0) is 42.1 Å². The summed E-state index contributed by atoms with van der Waals surface area (Å²) in [6.45, 7) is 3.61. The smallest absolute Gasteiger partial charge is 0.276 e. The van der Waals surface area contributed by atoms with Crippen LogP contribution in [0.25, 0.3) is 27.4 Å². The van der Waals surface area contributed by atoms with Crippen LogP contribution in [0.5, 0.6) is 0 Å². The molecule has 0 aliphatic rings. The van der Waals surface area contributed by atoms with Gasteiger partial charge in [0.15, 0.2) is 0 Å². The molecule has 4 heterocycles. The van der Waals surface area contributed by atoms with E-state index in [0.717, 1.165) is 0 Å². The third-order valence-corrected chi connectivity index (χ3v) is 6.13. The van der Waals surface area contributed by atoms with Gasteiger partial charge in [-0.15, -0.1) is 21.5 Å². The minimum atomic E-state index is -0.473. The molecule has 172 valence electrons. The third-order valence-electron chi connectivity index (χ3n) is 5.24. The molecule has 0 fully saturated rings. The summed E-state index contributed by atoms with van der Waals surface area (Å²) in [6.07, 6.45) is 1.86. The second-order valence-electron chi connectivity index (χ2n) is 7.44. The molecular formula is C22H19FN8O2S. The standard InChI is InChI=1S/C22H19FN8O2S/c1-3-14(27-19-16(18(24)25-10-26-19)21-30-29-11(2)33-21)20-28-15-8-9-34-17(15)22(32)31(20)13-6-4-12(23)5-7-13/h4-10,14H,3H2,1-2H3,(H3,24,25,26,27)/t14-/m0/s1. The molecule has 0 bridgehead atoms. The first-order chi connectivity index (χ1) is 16.5. The molecule has 0 radical (unpaired) electrons. The molecule has 5 aromatic rings. The minimum Gasteiger partial charge on any atom is -0.421 e. The lowest BCUT2D eigenvalue weighted by Crippen LogP contribution is -2.28. The number of thiophene rings is 1. The minimum absolute atomic E-state index is 0.160. The average Bonchev–Trinajstić information content (AvgIpc) is 3.47. The first-order valence-corrected chi connectivity index (χ1v) is 11.3. The molecule has 10 nitrogen and oxygen atoms in total. The Labute approximate surface area is 196 Å². The van der Waals surface area contributed by atoms with Crippen molar-refractivity contribution in [3.8, 4) is 17.1 Å². The van der Waals surface area contributed by atoms with Gasteiger partial charge in [-0.2, -0.15) is 0 Å². The van der Waals surface area contributed by atoms with Crippen molar-refractivity contribution in [1.29, 1.82) is 0 Å². The van der Waals surface area contributed by atoms with Crippen LogP contribution in [0.3, 0.4) is 0 Å². The predicted molar refractivity (Wildman–Crippen MR) is 126 cm³/mol. The quantitative estimate of drug-likeness (QED) is 0.372. The maximum Gasteiger partial charge on any atom is 0.276 e. The molecule has 1 atom stereocenters. The summed E-state index contributed by atoms with van der Waals surface area (Å²) in [7, 11) is 0. The highest BCUT2D eigenvalue weighted by Crippen LogP contribution is 2.33. The zero-order valence-electron chi connectivity index (χ0n) is 18.2. The van der Waals surface area contributed by atoms with E-state index in [0.29, 0.717) is 45.4 Å². The highest BCUT2D eigenvalue weighted by atomic mass is 32.1. The number of rotatable bonds is 6. The van der Waals surface area contributed by atoms with Gasteiger partial charge in [0.25, 0.3) is 11.4 Å². The van der Waals surface area contributed by atoms with E-state index >= 15 is 0 Å². The second-order valence-corrected chi connectivity index (χ2v) is 8.35. The summed E-state index contributed by atoms with van der Waals surface area (Å²) < 4.78 is 21.2. The number of nitrogens with one attached hydrogen (secondary N) is 1. The number of halogens is 1. The number of hydrogen-bond acceptors (Lipinski definition) is 10. The molecule has 5 rings (SSSR count). The maximum absolute atomic E-state index is 13.6. The Morgan fingerprint density at radius 2 is 2.00 bits per heavy atom. The molecule has 0 saturated heterocycles. The molecule has 0 saturated carbocycles. The van der Waals surface area contributed by atoms with Gasteiger partial charge in [0.2, 0.25) is 5.89 Å². The normalized spacial score (nSPS) is 12.2. The molecule has 12 heteroatoms. The Balaban J connectivity index is 1.67. The van der Waals surface area contributed by atoms with Crippen LogP contribution in [0.2, 0.25) is 0 Å². The highest BCUT2D eigenvalue weighted by Gasteiger charge is 2.24. The average molecular weight is 479 g/mol. The number of aryl methyl sites for hydroxylation is 1. The molecule has 34 heavy (non-hydrogen) atoms. The lowest BCUT2D eigenvalue weighted by Gasteiger charge is -2.22. The van der Waals surface area contributed by atoms with Crippen LogP contribution in [0.15, 0.2) is 51.3 Å². The lowest BCUT2D eigenvalue weighted by atomic mass is 10.1. The number of hydrogen-bond donors (Lipinski definition) is 2. The Hall–Kier alpha value is -4.19. The van der Waals surface area contributed by atoms with Crippen molar-refractivity contribution in [3.05, 3.63) is 69.9 Å². The number of benzene rings is 1. The molecule has 0 aliphatic heterocycles. The molecule has 3 N–H and O–H groups in total. The van der Waals surface area contributed by atoms with Crippen LogP contribution in [0, 0.1) is 12.7 Å². The highest BCUT2D eigenvalue weighted by molar-refractivity contribution is 7.17. The summed E-state index contributed by atoms with van der Waals surface area (Å²) in [4.78, 5) is 26.6. The van der Waals surface area contributed by atoms with E-state index in [4.69, 9.17) is 15.1 Å². The van der Waals surface area contributed by atoms with Gasteiger partial charge >= 0.3 is 0 Å². The van der Waals surface area contributed by atoms with Crippen molar-refractivity contribution in [3.63, 3.8) is 0 Å². The summed E-state index contributed by atoms with van der Waals surface area (Å²) >= 11 is 1.31. The number of nitrogen functional groups attached to an aromatic ring is 1. The number of fused-ring (bicyclic) bond motifs is 1. The Bertz CT molecular complexity index is 1540. The van der Waals surface area contributed by atoms with Crippen LogP contribution in [-0.2, 0) is 0 Å². The first kappa shape index (κ1) is 21.6. The van der Waals surface area contributed by atoms with E-state index in [1.807, 2.05) is 12.3 Å². The van der Waals surface area contributed by atoms with Gasteiger partial charge in [0.05, 0.1) is 17.2 Å². The van der Waals surface area contributed by atoms with Crippen molar-refractivity contribution in [1.82, 2.24) is 29.7 Å². The third kappa shape index (κ3) is 3.77. The van der Waals surface area contributed by atoms with Gasteiger partial charge in [-0.25, -0.2) is 19.3 Å². The fraction of sp³-hybridized carbons (Fsp3) is 0.182. The predicted octanol–water partition coefficient (Wildman–Crippen LogP) is 3.88. The van der Waals surface area contributed by atoms with E-state index in [-0.39, 0.29) is 17.3 Å². The van der Waals surface area contributed by atoms with Crippen LogP contribution < -0.4 is 16.6 Å². The van der Waals surface area contributed by atoms with Crippen LogP contribution in [-0.4, -0.2) is 29.7 Å². The van der Waals surface area contributed by atoms with Gasteiger partial charge in [0.1, 0.15) is 39.9 Å². The van der Waals surface area contributed by atoms with E-state index in [1.165, 1.54) is 34.4 Å².